The summed E-state index contributed by atoms with van der Waals surface area (Å²) in [5.74, 6) is 0.523. The second kappa shape index (κ2) is 4.18. The Balaban J connectivity index is 2.85. The van der Waals surface area contributed by atoms with Crippen molar-refractivity contribution in [1.29, 1.82) is 0 Å². The van der Waals surface area contributed by atoms with E-state index in [0.29, 0.717) is 15.8 Å². The Bertz CT molecular complexity index is 258. The molecule has 0 bridgehead atoms. The summed E-state index contributed by atoms with van der Waals surface area (Å²) in [5.41, 5.74) is 0. The first kappa shape index (κ1) is 9.91. The smallest absolute Gasteiger partial charge is 0.228 e. The normalized spacial score (nSPS) is 10.4. The number of nitrogens with one attached hydrogen (secondary N) is 1. The molecule has 1 N–H and O–H groups in total. The van der Waals surface area contributed by atoms with Gasteiger partial charge in [0.1, 0.15) is 0 Å². The summed E-state index contributed by atoms with van der Waals surface area (Å²) in [6.45, 7) is 4.01. The molecule has 4 nitrogen and oxygen atoms in total. The molecule has 1 aromatic rings. The van der Waals surface area contributed by atoms with E-state index in [1.54, 1.807) is 0 Å². The second-order valence-corrected chi connectivity index (χ2v) is 3.80. The van der Waals surface area contributed by atoms with Gasteiger partial charge in [-0.1, -0.05) is 0 Å². The molecule has 1 rings (SSSR count). The molecule has 0 atom stereocenters. The molecule has 0 aliphatic carbocycles. The lowest BCUT2D eigenvalue weighted by Crippen LogP contribution is -2.13. The molecule has 0 radical (unpaired) electrons. The summed E-state index contributed by atoms with van der Waals surface area (Å²) in [6, 6.07) is 0.291. The minimum absolute atomic E-state index is 0.220. The lowest BCUT2D eigenvalue weighted by atomic mass is 10.4. The molecule has 66 valence electrons. The lowest BCUT2D eigenvalue weighted by Gasteiger charge is -2.07. The first-order valence-electron chi connectivity index (χ1n) is 3.41. The van der Waals surface area contributed by atoms with Gasteiger partial charge < -0.3 is 5.32 Å². The molecule has 0 aliphatic rings. The highest BCUT2D eigenvalue weighted by atomic mass is 127. The molecule has 0 saturated heterocycles. The highest BCUT2D eigenvalue weighted by molar-refractivity contribution is 14.1. The van der Waals surface area contributed by atoms with Gasteiger partial charge in [-0.15, -0.1) is 0 Å². The van der Waals surface area contributed by atoms with Crippen LogP contribution in [0.1, 0.15) is 13.8 Å². The molecular formula is C6H8ClIN4. The Morgan fingerprint density at radius 3 is 2.50 bits per heavy atom. The van der Waals surface area contributed by atoms with Gasteiger partial charge >= 0.3 is 0 Å². The molecule has 0 fully saturated rings. The molecule has 0 aromatic carbocycles. The molecule has 0 saturated carbocycles. The van der Waals surface area contributed by atoms with E-state index >= 15 is 0 Å². The van der Waals surface area contributed by atoms with Crippen LogP contribution in [0.5, 0.6) is 0 Å². The number of rotatable bonds is 2. The van der Waals surface area contributed by atoms with Crippen molar-refractivity contribution in [2.45, 2.75) is 19.9 Å². The molecular weight excluding hydrogens is 290 g/mol. The van der Waals surface area contributed by atoms with Gasteiger partial charge in [-0.2, -0.15) is 15.0 Å². The minimum Gasteiger partial charge on any atom is -0.352 e. The lowest BCUT2D eigenvalue weighted by molar-refractivity contribution is 0.860. The van der Waals surface area contributed by atoms with Crippen molar-refractivity contribution >= 4 is 40.1 Å². The molecule has 6 heteroatoms. The summed E-state index contributed by atoms with van der Waals surface area (Å²) in [5, 5.41) is 3.25. The molecule has 1 aromatic heterocycles. The number of anilines is 1. The van der Waals surface area contributed by atoms with E-state index in [9.17, 15) is 0 Å². The summed E-state index contributed by atoms with van der Waals surface area (Å²) in [4.78, 5) is 11.8. The van der Waals surface area contributed by atoms with Gasteiger partial charge in [0.25, 0.3) is 0 Å². The predicted molar refractivity (Wildman–Crippen MR) is 56.3 cm³/mol. The molecule has 1 heterocycles. The average molecular weight is 299 g/mol. The van der Waals surface area contributed by atoms with E-state index in [1.807, 2.05) is 36.4 Å². The SMILES string of the molecule is CC(C)Nc1nc(Cl)nc(I)n1. The zero-order valence-electron chi connectivity index (χ0n) is 6.67. The maximum absolute atomic E-state index is 5.63. The second-order valence-electron chi connectivity index (χ2n) is 2.50. The molecule has 0 aliphatic heterocycles. The zero-order chi connectivity index (χ0) is 9.14. The van der Waals surface area contributed by atoms with Crippen LogP contribution in [0.3, 0.4) is 0 Å². The van der Waals surface area contributed by atoms with Gasteiger partial charge in [0, 0.05) is 28.6 Å². The number of hydrogen-bond donors (Lipinski definition) is 1. The third-order valence-electron chi connectivity index (χ3n) is 0.999. The molecule has 0 unspecified atom stereocenters. The fourth-order valence-electron chi connectivity index (χ4n) is 0.649. The molecule has 0 amide bonds. The maximum atomic E-state index is 5.63. The maximum Gasteiger partial charge on any atom is 0.228 e. The summed E-state index contributed by atoms with van der Waals surface area (Å²) in [7, 11) is 0. The predicted octanol–water partition coefficient (Wildman–Crippen LogP) is 1.95. The van der Waals surface area contributed by atoms with Gasteiger partial charge in [-0.05, 0) is 25.4 Å². The van der Waals surface area contributed by atoms with Crippen molar-refractivity contribution in [3.63, 3.8) is 0 Å². The average Bonchev–Trinajstić information content (AvgIpc) is 1.81. The Labute approximate surface area is 89.3 Å². The van der Waals surface area contributed by atoms with Crippen LogP contribution in [0.2, 0.25) is 5.28 Å². The van der Waals surface area contributed by atoms with Crippen LogP contribution in [0.25, 0.3) is 0 Å². The summed E-state index contributed by atoms with van der Waals surface area (Å²) < 4.78 is 0.593. The van der Waals surface area contributed by atoms with Gasteiger partial charge in [0.2, 0.25) is 11.2 Å². The fraction of sp³-hybridized carbons (Fsp3) is 0.500. The fourth-order valence-corrected chi connectivity index (χ4v) is 1.41. The largest absolute Gasteiger partial charge is 0.352 e. The minimum atomic E-state index is 0.220. The van der Waals surface area contributed by atoms with E-state index < -0.39 is 0 Å². The number of aromatic nitrogens is 3. The van der Waals surface area contributed by atoms with Gasteiger partial charge in [0.05, 0.1) is 0 Å². The third kappa shape index (κ3) is 3.06. The van der Waals surface area contributed by atoms with E-state index in [0.717, 1.165) is 0 Å². The van der Waals surface area contributed by atoms with Gasteiger partial charge in [-0.3, -0.25) is 0 Å². The van der Waals surface area contributed by atoms with Crippen LogP contribution in [0.4, 0.5) is 5.95 Å². The Hall–Kier alpha value is -0.170. The van der Waals surface area contributed by atoms with Crippen molar-refractivity contribution in [3.05, 3.63) is 9.11 Å². The molecule has 12 heavy (non-hydrogen) atoms. The van der Waals surface area contributed by atoms with E-state index in [1.165, 1.54) is 0 Å². The Kier molecular flexibility index (Phi) is 3.45. The number of nitrogens with zero attached hydrogens (tertiary/aromatic N) is 3. The van der Waals surface area contributed by atoms with E-state index in [2.05, 4.69) is 20.3 Å². The van der Waals surface area contributed by atoms with Crippen molar-refractivity contribution in [3.8, 4) is 0 Å². The van der Waals surface area contributed by atoms with Crippen LogP contribution >= 0.6 is 34.2 Å². The van der Waals surface area contributed by atoms with E-state index in [-0.39, 0.29) is 5.28 Å². The van der Waals surface area contributed by atoms with Crippen LogP contribution in [-0.2, 0) is 0 Å². The Morgan fingerprint density at radius 2 is 2.00 bits per heavy atom. The quantitative estimate of drug-likeness (QED) is 0.848. The third-order valence-corrected chi connectivity index (χ3v) is 1.65. The van der Waals surface area contributed by atoms with Crippen molar-refractivity contribution in [2.24, 2.45) is 0 Å². The summed E-state index contributed by atoms with van der Waals surface area (Å²) >= 11 is 7.62. The van der Waals surface area contributed by atoms with Crippen LogP contribution in [0.15, 0.2) is 0 Å². The summed E-state index contributed by atoms with van der Waals surface area (Å²) in [6.07, 6.45) is 0. The first-order valence-corrected chi connectivity index (χ1v) is 4.87. The van der Waals surface area contributed by atoms with Crippen LogP contribution in [-0.4, -0.2) is 21.0 Å². The Morgan fingerprint density at radius 1 is 1.33 bits per heavy atom. The standard InChI is InChI=1S/C6H8ClIN4/c1-3(2)9-6-11-4(7)10-5(8)12-6/h3H,1-2H3,(H,9,10,11,12). The zero-order valence-corrected chi connectivity index (χ0v) is 9.59. The van der Waals surface area contributed by atoms with Crippen LogP contribution < -0.4 is 5.32 Å². The first-order chi connectivity index (χ1) is 5.58. The van der Waals surface area contributed by atoms with Crippen molar-refractivity contribution < 1.29 is 0 Å². The van der Waals surface area contributed by atoms with Crippen molar-refractivity contribution in [2.75, 3.05) is 5.32 Å². The highest BCUT2D eigenvalue weighted by Crippen LogP contribution is 2.08. The van der Waals surface area contributed by atoms with Crippen molar-refractivity contribution in [1.82, 2.24) is 15.0 Å². The topological polar surface area (TPSA) is 50.7 Å². The monoisotopic (exact) mass is 298 g/mol. The van der Waals surface area contributed by atoms with Gasteiger partial charge in [0.15, 0.2) is 3.83 Å². The highest BCUT2D eigenvalue weighted by Gasteiger charge is 2.02. The number of halogens is 2. The van der Waals surface area contributed by atoms with E-state index in [4.69, 9.17) is 11.6 Å². The van der Waals surface area contributed by atoms with Gasteiger partial charge in [-0.25, -0.2) is 0 Å². The molecule has 0 spiro atoms. The number of hydrogen-bond acceptors (Lipinski definition) is 4. The van der Waals surface area contributed by atoms with Crippen LogP contribution in [0, 0.1) is 3.83 Å².